The SMILES string of the molecule is CNC1CCN(Cc2nc(CC(C)C)no2)CC1.Cl. The van der Waals surface area contributed by atoms with E-state index in [1.807, 2.05) is 7.05 Å². The third kappa shape index (κ3) is 5.09. The van der Waals surface area contributed by atoms with E-state index in [2.05, 4.69) is 34.2 Å². The van der Waals surface area contributed by atoms with Crippen LogP contribution in [0.5, 0.6) is 0 Å². The van der Waals surface area contributed by atoms with Crippen LogP contribution in [-0.2, 0) is 13.0 Å². The number of likely N-dealkylation sites (tertiary alicyclic amines) is 1. The van der Waals surface area contributed by atoms with Crippen LogP contribution in [0.1, 0.15) is 38.4 Å². The summed E-state index contributed by atoms with van der Waals surface area (Å²) in [5, 5.41) is 7.36. The first-order valence-electron chi connectivity index (χ1n) is 6.88. The minimum Gasteiger partial charge on any atom is -0.338 e. The second-order valence-corrected chi connectivity index (χ2v) is 5.54. The van der Waals surface area contributed by atoms with Gasteiger partial charge in [-0.3, -0.25) is 4.90 Å². The van der Waals surface area contributed by atoms with Gasteiger partial charge in [0.05, 0.1) is 6.54 Å². The summed E-state index contributed by atoms with van der Waals surface area (Å²) in [4.78, 5) is 6.84. The number of halogens is 1. The van der Waals surface area contributed by atoms with Gasteiger partial charge in [-0.05, 0) is 25.8 Å². The van der Waals surface area contributed by atoms with Crippen molar-refractivity contribution in [2.75, 3.05) is 20.1 Å². The number of nitrogens with zero attached hydrogens (tertiary/aromatic N) is 3. The Kier molecular flexibility index (Phi) is 6.75. The normalized spacial score (nSPS) is 17.7. The number of piperidine rings is 1. The zero-order valence-corrected chi connectivity index (χ0v) is 12.9. The van der Waals surface area contributed by atoms with Crippen LogP contribution in [0, 0.1) is 5.92 Å². The maximum atomic E-state index is 5.30. The van der Waals surface area contributed by atoms with Crippen molar-refractivity contribution >= 4 is 12.4 Å². The predicted molar refractivity (Wildman–Crippen MR) is 77.4 cm³/mol. The molecular formula is C13H25ClN4O. The van der Waals surface area contributed by atoms with E-state index in [0.29, 0.717) is 12.0 Å². The smallest absolute Gasteiger partial charge is 0.240 e. The van der Waals surface area contributed by atoms with E-state index in [-0.39, 0.29) is 12.4 Å². The molecule has 110 valence electrons. The highest BCUT2D eigenvalue weighted by Gasteiger charge is 2.19. The quantitative estimate of drug-likeness (QED) is 0.896. The summed E-state index contributed by atoms with van der Waals surface area (Å²) < 4.78 is 5.30. The summed E-state index contributed by atoms with van der Waals surface area (Å²) in [6, 6.07) is 0.667. The molecule has 1 aromatic heterocycles. The predicted octanol–water partition coefficient (Wildman–Crippen LogP) is 1.87. The van der Waals surface area contributed by atoms with Crippen LogP contribution in [0.15, 0.2) is 4.52 Å². The molecular weight excluding hydrogens is 264 g/mol. The van der Waals surface area contributed by atoms with Crippen molar-refractivity contribution in [3.8, 4) is 0 Å². The van der Waals surface area contributed by atoms with Gasteiger partial charge in [-0.1, -0.05) is 19.0 Å². The summed E-state index contributed by atoms with van der Waals surface area (Å²) in [6.07, 6.45) is 3.29. The molecule has 2 heterocycles. The largest absolute Gasteiger partial charge is 0.338 e. The molecule has 0 aromatic carbocycles. The van der Waals surface area contributed by atoms with Gasteiger partial charge in [0.2, 0.25) is 5.89 Å². The second-order valence-electron chi connectivity index (χ2n) is 5.54. The van der Waals surface area contributed by atoms with Crippen molar-refractivity contribution in [3.63, 3.8) is 0 Å². The van der Waals surface area contributed by atoms with Crippen molar-refractivity contribution in [1.82, 2.24) is 20.4 Å². The lowest BCUT2D eigenvalue weighted by Gasteiger charge is -2.30. The van der Waals surface area contributed by atoms with Crippen LogP contribution in [0.4, 0.5) is 0 Å². The van der Waals surface area contributed by atoms with Gasteiger partial charge in [0.1, 0.15) is 0 Å². The number of rotatable bonds is 5. The molecule has 0 saturated carbocycles. The molecule has 0 spiro atoms. The Balaban J connectivity index is 0.00000180. The molecule has 19 heavy (non-hydrogen) atoms. The lowest BCUT2D eigenvalue weighted by molar-refractivity contribution is 0.173. The van der Waals surface area contributed by atoms with Gasteiger partial charge in [-0.2, -0.15) is 4.98 Å². The van der Waals surface area contributed by atoms with Gasteiger partial charge in [0, 0.05) is 25.6 Å². The lowest BCUT2D eigenvalue weighted by Crippen LogP contribution is -2.40. The summed E-state index contributed by atoms with van der Waals surface area (Å²) in [6.45, 7) is 7.33. The fraction of sp³-hybridized carbons (Fsp3) is 0.846. The maximum absolute atomic E-state index is 5.30. The molecule has 1 aromatic rings. The minimum atomic E-state index is 0. The highest BCUT2D eigenvalue weighted by molar-refractivity contribution is 5.85. The molecule has 1 fully saturated rings. The molecule has 6 heteroatoms. The van der Waals surface area contributed by atoms with Gasteiger partial charge < -0.3 is 9.84 Å². The Morgan fingerprint density at radius 2 is 2.05 bits per heavy atom. The lowest BCUT2D eigenvalue weighted by atomic mass is 10.1. The molecule has 1 aliphatic heterocycles. The molecule has 0 bridgehead atoms. The average Bonchev–Trinajstić information content (AvgIpc) is 2.76. The molecule has 0 amide bonds. The zero-order valence-electron chi connectivity index (χ0n) is 12.1. The fourth-order valence-corrected chi connectivity index (χ4v) is 2.37. The van der Waals surface area contributed by atoms with E-state index in [4.69, 9.17) is 4.52 Å². The monoisotopic (exact) mass is 288 g/mol. The van der Waals surface area contributed by atoms with Crippen molar-refractivity contribution in [2.45, 2.75) is 45.7 Å². The van der Waals surface area contributed by atoms with E-state index in [1.165, 1.54) is 12.8 Å². The Morgan fingerprint density at radius 3 is 2.63 bits per heavy atom. The third-order valence-corrected chi connectivity index (χ3v) is 3.46. The van der Waals surface area contributed by atoms with Crippen LogP contribution in [0.3, 0.4) is 0 Å². The highest BCUT2D eigenvalue weighted by Crippen LogP contribution is 2.13. The Hall–Kier alpha value is -0.650. The Labute approximate surface area is 121 Å². The van der Waals surface area contributed by atoms with Gasteiger partial charge in [-0.15, -0.1) is 12.4 Å². The van der Waals surface area contributed by atoms with Crippen molar-refractivity contribution in [1.29, 1.82) is 0 Å². The van der Waals surface area contributed by atoms with E-state index < -0.39 is 0 Å². The summed E-state index contributed by atoms with van der Waals surface area (Å²) in [5.74, 6) is 2.17. The first-order valence-corrected chi connectivity index (χ1v) is 6.88. The molecule has 0 unspecified atom stereocenters. The van der Waals surface area contributed by atoms with Crippen LogP contribution >= 0.6 is 12.4 Å². The zero-order chi connectivity index (χ0) is 13.0. The maximum Gasteiger partial charge on any atom is 0.240 e. The molecule has 0 atom stereocenters. The molecule has 1 N–H and O–H groups in total. The topological polar surface area (TPSA) is 54.2 Å². The van der Waals surface area contributed by atoms with E-state index >= 15 is 0 Å². The molecule has 0 aliphatic carbocycles. The van der Waals surface area contributed by atoms with E-state index in [1.54, 1.807) is 0 Å². The van der Waals surface area contributed by atoms with Gasteiger partial charge in [0.25, 0.3) is 0 Å². The highest BCUT2D eigenvalue weighted by atomic mass is 35.5. The van der Waals surface area contributed by atoms with E-state index in [9.17, 15) is 0 Å². The number of aromatic nitrogens is 2. The fourth-order valence-electron chi connectivity index (χ4n) is 2.37. The number of hydrogen-bond donors (Lipinski definition) is 1. The standard InChI is InChI=1S/C13H24N4O.ClH/c1-10(2)8-12-15-13(18-16-12)9-17-6-4-11(14-3)5-7-17;/h10-11,14H,4-9H2,1-3H3;1H. The summed E-state index contributed by atoms with van der Waals surface area (Å²) in [5.41, 5.74) is 0. The van der Waals surface area contributed by atoms with Crippen LogP contribution in [-0.4, -0.2) is 41.2 Å². The number of nitrogens with one attached hydrogen (secondary N) is 1. The Morgan fingerprint density at radius 1 is 1.37 bits per heavy atom. The first kappa shape index (κ1) is 16.4. The summed E-state index contributed by atoms with van der Waals surface area (Å²) >= 11 is 0. The molecule has 1 aliphatic rings. The van der Waals surface area contributed by atoms with Crippen molar-refractivity contribution < 1.29 is 4.52 Å². The first-order chi connectivity index (χ1) is 8.67. The van der Waals surface area contributed by atoms with Crippen LogP contribution in [0.25, 0.3) is 0 Å². The molecule has 5 nitrogen and oxygen atoms in total. The van der Waals surface area contributed by atoms with Crippen molar-refractivity contribution in [3.05, 3.63) is 11.7 Å². The molecule has 1 saturated heterocycles. The average molecular weight is 289 g/mol. The second kappa shape index (κ2) is 7.82. The van der Waals surface area contributed by atoms with Crippen LogP contribution in [0.2, 0.25) is 0 Å². The van der Waals surface area contributed by atoms with Gasteiger partial charge in [-0.25, -0.2) is 0 Å². The Bertz CT molecular complexity index is 361. The summed E-state index contributed by atoms with van der Waals surface area (Å²) in [7, 11) is 2.04. The van der Waals surface area contributed by atoms with Crippen LogP contribution < -0.4 is 5.32 Å². The van der Waals surface area contributed by atoms with Gasteiger partial charge in [0.15, 0.2) is 5.82 Å². The molecule has 2 rings (SSSR count). The van der Waals surface area contributed by atoms with Gasteiger partial charge >= 0.3 is 0 Å². The molecule has 0 radical (unpaired) electrons. The third-order valence-electron chi connectivity index (χ3n) is 3.46. The van der Waals surface area contributed by atoms with Crippen molar-refractivity contribution in [2.24, 2.45) is 5.92 Å². The minimum absolute atomic E-state index is 0. The number of hydrogen-bond acceptors (Lipinski definition) is 5. The van der Waals surface area contributed by atoms with E-state index in [0.717, 1.165) is 37.8 Å².